The summed E-state index contributed by atoms with van der Waals surface area (Å²) in [4.78, 5) is 32.4. The molecule has 24 heavy (non-hydrogen) atoms. The molecule has 0 amide bonds. The predicted molar refractivity (Wildman–Crippen MR) is 85.3 cm³/mol. The molecule has 0 saturated carbocycles. The van der Waals surface area contributed by atoms with E-state index in [1.807, 2.05) is 6.92 Å². The van der Waals surface area contributed by atoms with E-state index in [1.165, 1.54) is 0 Å². The van der Waals surface area contributed by atoms with Crippen LogP contribution in [0.25, 0.3) is 0 Å². The van der Waals surface area contributed by atoms with Crippen LogP contribution in [0.5, 0.6) is 0 Å². The molecule has 0 rings (SSSR count). The van der Waals surface area contributed by atoms with Crippen LogP contribution in [0.3, 0.4) is 0 Å². The lowest BCUT2D eigenvalue weighted by atomic mass is 10.1. The molecule has 0 aliphatic rings. The average Bonchev–Trinajstić information content (AvgIpc) is 2.44. The Bertz CT molecular complexity index is 424. The van der Waals surface area contributed by atoms with E-state index in [9.17, 15) is 9.59 Å². The Kier molecular flexibility index (Phi) is 10.8. The molecule has 0 saturated heterocycles. The van der Waals surface area contributed by atoms with Gasteiger partial charge in [-0.05, 0) is 39.7 Å². The number of carboxylic acid groups (broad SMARTS) is 1. The Morgan fingerprint density at radius 1 is 1.08 bits per heavy atom. The van der Waals surface area contributed by atoms with Crippen molar-refractivity contribution in [2.24, 2.45) is 0 Å². The minimum Gasteiger partial charge on any atom is -0.457 e. The molecule has 0 radical (unpaired) electrons. The van der Waals surface area contributed by atoms with Crippen LogP contribution < -0.4 is 0 Å². The van der Waals surface area contributed by atoms with Crippen LogP contribution in [0.1, 0.15) is 47.5 Å². The van der Waals surface area contributed by atoms with E-state index in [4.69, 9.17) is 24.4 Å². The van der Waals surface area contributed by atoms with E-state index in [0.717, 1.165) is 12.8 Å². The summed E-state index contributed by atoms with van der Waals surface area (Å²) in [5, 5.41) is 8.56. The van der Waals surface area contributed by atoms with Gasteiger partial charge >= 0.3 is 12.1 Å². The molecule has 0 atom stereocenters. The van der Waals surface area contributed by atoms with Crippen LogP contribution in [0.2, 0.25) is 0 Å². The van der Waals surface area contributed by atoms with Crippen molar-refractivity contribution in [3.8, 4) is 0 Å². The minimum atomic E-state index is -1.37. The smallest absolute Gasteiger partial charge is 0.457 e. The topological polar surface area (TPSA) is 101 Å². The molecule has 0 unspecified atom stereocenters. The SMILES string of the molecule is CCCCOOC(C(=O)OCCOCC(C)(C)OC(=O)O)=C(C)C. The molecule has 8 heteroatoms. The van der Waals surface area contributed by atoms with E-state index >= 15 is 0 Å². The standard InChI is InChI=1S/C16H28O8/c1-6-7-8-22-24-13(12(2)3)14(17)21-10-9-20-11-16(4,5)23-15(18)19/h6-11H2,1-5H3,(H,18,19). The lowest BCUT2D eigenvalue weighted by Gasteiger charge is -2.22. The number of hydrogen-bond donors (Lipinski definition) is 1. The van der Waals surface area contributed by atoms with Crippen LogP contribution in [0.4, 0.5) is 4.79 Å². The van der Waals surface area contributed by atoms with Gasteiger partial charge in [-0.25, -0.2) is 9.59 Å². The van der Waals surface area contributed by atoms with Gasteiger partial charge in [0.2, 0.25) is 5.76 Å². The molecule has 0 aromatic heterocycles. The highest BCUT2D eigenvalue weighted by Gasteiger charge is 2.23. The summed E-state index contributed by atoms with van der Waals surface area (Å²) in [5.74, 6) is -0.628. The second-order valence-electron chi connectivity index (χ2n) is 5.90. The maximum Gasteiger partial charge on any atom is 0.506 e. The van der Waals surface area contributed by atoms with E-state index in [-0.39, 0.29) is 25.6 Å². The number of rotatable bonds is 12. The predicted octanol–water partition coefficient (Wildman–Crippen LogP) is 3.06. The Hall–Kier alpha value is -1.80. The molecule has 1 N–H and O–H groups in total. The first-order valence-electron chi connectivity index (χ1n) is 7.83. The summed E-state index contributed by atoms with van der Waals surface area (Å²) in [6.45, 7) is 9.13. The van der Waals surface area contributed by atoms with Gasteiger partial charge < -0.3 is 24.2 Å². The second kappa shape index (κ2) is 11.7. The fourth-order valence-electron chi connectivity index (χ4n) is 1.47. The number of unbranched alkanes of at least 4 members (excludes halogenated alkanes) is 1. The molecule has 0 aromatic carbocycles. The lowest BCUT2D eigenvalue weighted by Crippen LogP contribution is -2.33. The van der Waals surface area contributed by atoms with Crippen molar-refractivity contribution in [2.45, 2.75) is 53.1 Å². The molecule has 0 spiro atoms. The van der Waals surface area contributed by atoms with Crippen LogP contribution in [0, 0.1) is 0 Å². The third-order valence-electron chi connectivity index (χ3n) is 2.64. The van der Waals surface area contributed by atoms with E-state index in [2.05, 4.69) is 4.74 Å². The zero-order chi connectivity index (χ0) is 18.6. The monoisotopic (exact) mass is 348 g/mol. The normalized spacial score (nSPS) is 10.9. The zero-order valence-corrected chi connectivity index (χ0v) is 15.0. The first-order chi connectivity index (χ1) is 11.2. The Labute approximate surface area is 142 Å². The fourth-order valence-corrected chi connectivity index (χ4v) is 1.47. The first-order valence-corrected chi connectivity index (χ1v) is 7.83. The van der Waals surface area contributed by atoms with Gasteiger partial charge in [0.05, 0.1) is 19.8 Å². The quantitative estimate of drug-likeness (QED) is 0.143. The van der Waals surface area contributed by atoms with Gasteiger partial charge in [0.15, 0.2) is 0 Å². The third-order valence-corrected chi connectivity index (χ3v) is 2.64. The van der Waals surface area contributed by atoms with Gasteiger partial charge in [0.25, 0.3) is 0 Å². The fraction of sp³-hybridized carbons (Fsp3) is 0.750. The van der Waals surface area contributed by atoms with Gasteiger partial charge in [0, 0.05) is 0 Å². The summed E-state index contributed by atoms with van der Waals surface area (Å²) in [6.07, 6.45) is 0.410. The molecule has 0 fully saturated rings. The van der Waals surface area contributed by atoms with Gasteiger partial charge in [-0.2, -0.15) is 4.89 Å². The lowest BCUT2D eigenvalue weighted by molar-refractivity contribution is -0.265. The van der Waals surface area contributed by atoms with Crippen molar-refractivity contribution in [3.63, 3.8) is 0 Å². The largest absolute Gasteiger partial charge is 0.506 e. The van der Waals surface area contributed by atoms with Crippen molar-refractivity contribution >= 4 is 12.1 Å². The van der Waals surface area contributed by atoms with Crippen LogP contribution in [-0.2, 0) is 28.8 Å². The molecule has 0 aromatic rings. The third kappa shape index (κ3) is 10.8. The van der Waals surface area contributed by atoms with Crippen molar-refractivity contribution in [3.05, 3.63) is 11.3 Å². The summed E-state index contributed by atoms with van der Waals surface area (Å²) >= 11 is 0. The van der Waals surface area contributed by atoms with Gasteiger partial charge in [0.1, 0.15) is 12.2 Å². The van der Waals surface area contributed by atoms with E-state index < -0.39 is 17.7 Å². The number of carbonyl (C=O) groups excluding carboxylic acids is 1. The maximum absolute atomic E-state index is 11.9. The highest BCUT2D eigenvalue weighted by Crippen LogP contribution is 2.11. The molecule has 0 heterocycles. The Balaban J connectivity index is 4.09. The number of allylic oxidation sites excluding steroid dienone is 1. The number of esters is 1. The number of hydrogen-bond acceptors (Lipinski definition) is 7. The highest BCUT2D eigenvalue weighted by atomic mass is 17.2. The second-order valence-corrected chi connectivity index (χ2v) is 5.90. The van der Waals surface area contributed by atoms with Crippen molar-refractivity contribution in [1.82, 2.24) is 0 Å². The first kappa shape index (κ1) is 22.2. The molecule has 140 valence electrons. The molecule has 8 nitrogen and oxygen atoms in total. The van der Waals surface area contributed by atoms with E-state index in [0.29, 0.717) is 12.2 Å². The average molecular weight is 348 g/mol. The summed E-state index contributed by atoms with van der Waals surface area (Å²) in [6, 6.07) is 0. The van der Waals surface area contributed by atoms with Crippen molar-refractivity contribution in [1.29, 1.82) is 0 Å². The summed E-state index contributed by atoms with van der Waals surface area (Å²) in [7, 11) is 0. The Morgan fingerprint density at radius 2 is 1.75 bits per heavy atom. The number of carbonyl (C=O) groups is 2. The summed E-state index contributed by atoms with van der Waals surface area (Å²) in [5.41, 5.74) is -0.342. The summed E-state index contributed by atoms with van der Waals surface area (Å²) < 4.78 is 14.9. The Morgan fingerprint density at radius 3 is 2.29 bits per heavy atom. The van der Waals surface area contributed by atoms with Gasteiger partial charge in [-0.15, -0.1) is 0 Å². The van der Waals surface area contributed by atoms with E-state index in [1.54, 1.807) is 27.7 Å². The molecule has 0 aliphatic carbocycles. The zero-order valence-electron chi connectivity index (χ0n) is 15.0. The van der Waals surface area contributed by atoms with Crippen molar-refractivity contribution in [2.75, 3.05) is 26.4 Å². The maximum atomic E-state index is 11.9. The van der Waals surface area contributed by atoms with Gasteiger partial charge in [-0.1, -0.05) is 13.3 Å². The van der Waals surface area contributed by atoms with Crippen LogP contribution in [-0.4, -0.2) is 49.3 Å². The van der Waals surface area contributed by atoms with Gasteiger partial charge in [-0.3, -0.25) is 0 Å². The molecular weight excluding hydrogens is 320 g/mol. The minimum absolute atomic E-state index is 0.00289. The molecule has 0 bridgehead atoms. The van der Waals surface area contributed by atoms with Crippen LogP contribution in [0.15, 0.2) is 11.3 Å². The van der Waals surface area contributed by atoms with Crippen molar-refractivity contribution < 1.29 is 38.7 Å². The van der Waals surface area contributed by atoms with Crippen LogP contribution >= 0.6 is 0 Å². The molecular formula is C16H28O8. The highest BCUT2D eigenvalue weighted by molar-refractivity contribution is 5.86. The number of ether oxygens (including phenoxy) is 3. The molecule has 0 aliphatic heterocycles.